The van der Waals surface area contributed by atoms with Crippen LogP contribution in [0.2, 0.25) is 0 Å². The molecule has 142 valence electrons. The van der Waals surface area contributed by atoms with E-state index in [1.165, 1.54) is 5.69 Å². The van der Waals surface area contributed by atoms with Gasteiger partial charge in [-0.2, -0.15) is 0 Å². The van der Waals surface area contributed by atoms with E-state index in [-0.39, 0.29) is 5.91 Å². The maximum Gasteiger partial charge on any atom is 0.227 e. The van der Waals surface area contributed by atoms with Crippen LogP contribution in [0.15, 0.2) is 42.9 Å². The molecule has 0 N–H and O–H groups in total. The molecule has 1 aromatic heterocycles. The maximum absolute atomic E-state index is 11.9. The maximum atomic E-state index is 11.9. The molecule has 27 heavy (non-hydrogen) atoms. The number of aromatic nitrogens is 2. The fraction of sp³-hybridized carbons (Fsp3) is 0.476. The minimum absolute atomic E-state index is 0.245. The van der Waals surface area contributed by atoms with Crippen LogP contribution >= 0.6 is 0 Å². The van der Waals surface area contributed by atoms with Gasteiger partial charge >= 0.3 is 0 Å². The summed E-state index contributed by atoms with van der Waals surface area (Å²) < 4.78 is 0. The first kappa shape index (κ1) is 17.9. The molecule has 0 spiro atoms. The molecule has 2 saturated heterocycles. The number of carbonyl (C=O) groups is 1. The summed E-state index contributed by atoms with van der Waals surface area (Å²) in [5.41, 5.74) is 3.30. The summed E-state index contributed by atoms with van der Waals surface area (Å²) in [4.78, 5) is 27.2. The summed E-state index contributed by atoms with van der Waals surface area (Å²) in [6, 6.07) is 9.06. The van der Waals surface area contributed by atoms with Gasteiger partial charge in [0.1, 0.15) is 0 Å². The Bertz CT molecular complexity index is 756. The van der Waals surface area contributed by atoms with Crippen molar-refractivity contribution >= 4 is 17.3 Å². The van der Waals surface area contributed by atoms with Gasteiger partial charge in [0.15, 0.2) is 0 Å². The number of anilines is 2. The Labute approximate surface area is 160 Å². The predicted molar refractivity (Wildman–Crippen MR) is 107 cm³/mol. The van der Waals surface area contributed by atoms with Crippen LogP contribution in [0.4, 0.5) is 11.4 Å². The lowest BCUT2D eigenvalue weighted by Gasteiger charge is -2.37. The fourth-order valence-corrected chi connectivity index (χ4v) is 4.13. The molecule has 1 amide bonds. The molecule has 6 nitrogen and oxygen atoms in total. The van der Waals surface area contributed by atoms with Crippen LogP contribution in [0.3, 0.4) is 0 Å². The van der Waals surface area contributed by atoms with E-state index >= 15 is 0 Å². The van der Waals surface area contributed by atoms with E-state index in [9.17, 15) is 4.79 Å². The van der Waals surface area contributed by atoms with Crippen molar-refractivity contribution in [2.45, 2.75) is 38.3 Å². The Morgan fingerprint density at radius 1 is 1.07 bits per heavy atom. The van der Waals surface area contributed by atoms with E-state index in [1.54, 1.807) is 12.4 Å². The number of amides is 1. The second-order valence-corrected chi connectivity index (χ2v) is 7.50. The van der Waals surface area contributed by atoms with E-state index < -0.39 is 0 Å². The first-order chi connectivity index (χ1) is 13.2. The molecule has 6 heteroatoms. The van der Waals surface area contributed by atoms with Gasteiger partial charge in [-0.3, -0.25) is 19.7 Å². The van der Waals surface area contributed by atoms with Gasteiger partial charge in [-0.1, -0.05) is 0 Å². The first-order valence-corrected chi connectivity index (χ1v) is 9.81. The molecular weight excluding hydrogens is 338 g/mol. The summed E-state index contributed by atoms with van der Waals surface area (Å²) in [5.74, 6) is 0.245. The van der Waals surface area contributed by atoms with Gasteiger partial charge in [0.05, 0.1) is 5.69 Å². The van der Waals surface area contributed by atoms with E-state index in [1.807, 2.05) is 11.1 Å². The number of hydrogen-bond donors (Lipinski definition) is 0. The average molecular weight is 365 g/mol. The molecule has 0 unspecified atom stereocenters. The lowest BCUT2D eigenvalue weighted by Crippen LogP contribution is -2.43. The molecule has 3 heterocycles. The molecule has 0 radical (unpaired) electrons. The molecule has 0 atom stereocenters. The molecule has 0 bridgehead atoms. The smallest absolute Gasteiger partial charge is 0.227 e. The van der Waals surface area contributed by atoms with Crippen molar-refractivity contribution in [1.82, 2.24) is 14.9 Å². The van der Waals surface area contributed by atoms with Crippen molar-refractivity contribution in [2.75, 3.05) is 36.5 Å². The summed E-state index contributed by atoms with van der Waals surface area (Å²) in [6.45, 7) is 3.80. The minimum Gasteiger partial charge on any atom is -0.371 e. The van der Waals surface area contributed by atoms with Crippen LogP contribution in [0, 0.1) is 0 Å². The largest absolute Gasteiger partial charge is 0.371 e. The van der Waals surface area contributed by atoms with Crippen molar-refractivity contribution in [3.05, 3.63) is 48.5 Å². The zero-order valence-electron chi connectivity index (χ0n) is 15.9. The van der Waals surface area contributed by atoms with E-state index in [0.717, 1.165) is 56.8 Å². The quantitative estimate of drug-likeness (QED) is 0.815. The van der Waals surface area contributed by atoms with Gasteiger partial charge < -0.3 is 9.80 Å². The molecule has 2 aliphatic heterocycles. The Morgan fingerprint density at radius 2 is 1.81 bits per heavy atom. The third kappa shape index (κ3) is 4.11. The zero-order chi connectivity index (χ0) is 18.6. The summed E-state index contributed by atoms with van der Waals surface area (Å²) >= 11 is 0. The molecular formula is C21H27N5O. The van der Waals surface area contributed by atoms with Crippen LogP contribution < -0.4 is 9.80 Å². The number of carbonyl (C=O) groups excluding carboxylic acids is 1. The van der Waals surface area contributed by atoms with Crippen LogP contribution in [-0.4, -0.2) is 53.5 Å². The zero-order valence-corrected chi connectivity index (χ0v) is 15.9. The van der Waals surface area contributed by atoms with Crippen LogP contribution in [0.25, 0.3) is 0 Å². The van der Waals surface area contributed by atoms with Crippen LogP contribution in [-0.2, 0) is 11.3 Å². The number of nitrogens with zero attached hydrogens (tertiary/aromatic N) is 5. The Hall–Kier alpha value is -2.47. The predicted octanol–water partition coefficient (Wildman–Crippen LogP) is 2.70. The Morgan fingerprint density at radius 3 is 2.44 bits per heavy atom. The highest BCUT2D eigenvalue weighted by molar-refractivity contribution is 5.95. The molecule has 0 aliphatic carbocycles. The highest BCUT2D eigenvalue weighted by Crippen LogP contribution is 2.27. The standard InChI is InChI=1S/C21H27N5O/c1-24(16-17-15-22-10-11-23-17)18-8-13-25(14-9-18)19-4-6-20(7-5-19)26-12-2-3-21(26)27/h4-7,10-11,15,18H,2-3,8-9,12-14,16H2,1H3. The topological polar surface area (TPSA) is 52.6 Å². The van der Waals surface area contributed by atoms with Crippen molar-refractivity contribution in [3.8, 4) is 0 Å². The molecule has 0 saturated carbocycles. The molecule has 2 aromatic rings. The van der Waals surface area contributed by atoms with Crippen LogP contribution in [0.5, 0.6) is 0 Å². The third-order valence-electron chi connectivity index (χ3n) is 5.72. The Balaban J connectivity index is 1.31. The van der Waals surface area contributed by atoms with Crippen molar-refractivity contribution in [2.24, 2.45) is 0 Å². The number of piperidine rings is 1. The van der Waals surface area contributed by atoms with Crippen LogP contribution in [0.1, 0.15) is 31.4 Å². The SMILES string of the molecule is CN(Cc1cnccn1)C1CCN(c2ccc(N3CCCC3=O)cc2)CC1. The van der Waals surface area contributed by atoms with Gasteiger partial charge in [0, 0.05) is 68.6 Å². The van der Waals surface area contributed by atoms with Gasteiger partial charge in [-0.15, -0.1) is 0 Å². The lowest BCUT2D eigenvalue weighted by atomic mass is 10.0. The molecule has 4 rings (SSSR count). The van der Waals surface area contributed by atoms with Gasteiger partial charge in [0.25, 0.3) is 0 Å². The number of hydrogen-bond acceptors (Lipinski definition) is 5. The monoisotopic (exact) mass is 365 g/mol. The summed E-state index contributed by atoms with van der Waals surface area (Å²) in [6.07, 6.45) is 9.25. The molecule has 2 fully saturated rings. The van der Waals surface area contributed by atoms with Gasteiger partial charge in [-0.05, 0) is 50.6 Å². The minimum atomic E-state index is 0.245. The highest BCUT2D eigenvalue weighted by atomic mass is 16.2. The Kier molecular flexibility index (Phi) is 5.34. The lowest BCUT2D eigenvalue weighted by molar-refractivity contribution is -0.117. The van der Waals surface area contributed by atoms with Gasteiger partial charge in [-0.25, -0.2) is 0 Å². The second kappa shape index (κ2) is 8.05. The molecule has 2 aliphatic rings. The highest BCUT2D eigenvalue weighted by Gasteiger charge is 2.24. The average Bonchev–Trinajstić information content (AvgIpc) is 3.15. The van der Waals surface area contributed by atoms with E-state index in [4.69, 9.17) is 0 Å². The summed E-state index contributed by atoms with van der Waals surface area (Å²) in [7, 11) is 2.18. The van der Waals surface area contributed by atoms with E-state index in [2.05, 4.69) is 51.1 Å². The second-order valence-electron chi connectivity index (χ2n) is 7.50. The number of benzene rings is 1. The summed E-state index contributed by atoms with van der Waals surface area (Å²) in [5, 5.41) is 0. The van der Waals surface area contributed by atoms with Gasteiger partial charge in [0.2, 0.25) is 5.91 Å². The van der Waals surface area contributed by atoms with Crippen molar-refractivity contribution < 1.29 is 4.79 Å². The van der Waals surface area contributed by atoms with E-state index in [0.29, 0.717) is 12.5 Å². The first-order valence-electron chi connectivity index (χ1n) is 9.81. The number of rotatable bonds is 5. The van der Waals surface area contributed by atoms with Crippen molar-refractivity contribution in [3.63, 3.8) is 0 Å². The van der Waals surface area contributed by atoms with Crippen molar-refractivity contribution in [1.29, 1.82) is 0 Å². The third-order valence-corrected chi connectivity index (χ3v) is 5.72. The normalized spacial score (nSPS) is 18.5. The fourth-order valence-electron chi connectivity index (χ4n) is 4.13. The molecule has 1 aromatic carbocycles.